The van der Waals surface area contributed by atoms with E-state index in [1.807, 2.05) is 0 Å². The lowest BCUT2D eigenvalue weighted by Crippen LogP contribution is -2.48. The highest BCUT2D eigenvalue weighted by Crippen LogP contribution is 2.29. The molecule has 110 valence electrons. The quantitative estimate of drug-likeness (QED) is 0.859. The van der Waals surface area contributed by atoms with Gasteiger partial charge in [-0.3, -0.25) is 4.90 Å². The molecule has 1 heterocycles. The van der Waals surface area contributed by atoms with Crippen molar-refractivity contribution in [2.24, 2.45) is 5.92 Å². The standard InChI is InChI=1S/C17H27N3/c1-15-3-2-4-17(13-15)18-7-8-19-9-11-20(12-10-19)14-16-5-6-16/h2-4,13,16,18H,5-12,14H2,1H3. The molecule has 1 aliphatic heterocycles. The number of anilines is 1. The fraction of sp³-hybridized carbons (Fsp3) is 0.647. The van der Waals surface area contributed by atoms with Crippen LogP contribution < -0.4 is 5.32 Å². The lowest BCUT2D eigenvalue weighted by atomic mass is 10.2. The molecule has 1 aromatic carbocycles. The zero-order valence-electron chi connectivity index (χ0n) is 12.6. The van der Waals surface area contributed by atoms with E-state index in [4.69, 9.17) is 0 Å². The molecule has 1 N–H and O–H groups in total. The Morgan fingerprint density at radius 3 is 2.55 bits per heavy atom. The summed E-state index contributed by atoms with van der Waals surface area (Å²) >= 11 is 0. The molecule has 0 atom stereocenters. The number of nitrogens with one attached hydrogen (secondary N) is 1. The van der Waals surface area contributed by atoms with Crippen LogP contribution in [0.5, 0.6) is 0 Å². The summed E-state index contributed by atoms with van der Waals surface area (Å²) in [6, 6.07) is 8.63. The SMILES string of the molecule is Cc1cccc(NCCN2CCN(CC3CC3)CC2)c1. The van der Waals surface area contributed by atoms with E-state index in [1.165, 1.54) is 56.8 Å². The normalized spacial score (nSPS) is 21.1. The molecule has 0 bridgehead atoms. The summed E-state index contributed by atoms with van der Waals surface area (Å²) in [5, 5.41) is 3.53. The predicted molar refractivity (Wildman–Crippen MR) is 85.3 cm³/mol. The van der Waals surface area contributed by atoms with Crippen molar-refractivity contribution in [1.82, 2.24) is 9.80 Å². The molecule has 1 saturated carbocycles. The van der Waals surface area contributed by atoms with Crippen molar-refractivity contribution < 1.29 is 0 Å². The first-order chi connectivity index (χ1) is 9.79. The Hall–Kier alpha value is -1.06. The predicted octanol–water partition coefficient (Wildman–Crippen LogP) is 2.43. The molecule has 0 radical (unpaired) electrons. The molecule has 3 rings (SSSR count). The Morgan fingerprint density at radius 2 is 1.85 bits per heavy atom. The summed E-state index contributed by atoms with van der Waals surface area (Å²) in [5.41, 5.74) is 2.57. The molecule has 0 aromatic heterocycles. The van der Waals surface area contributed by atoms with Gasteiger partial charge >= 0.3 is 0 Å². The maximum Gasteiger partial charge on any atom is 0.0343 e. The van der Waals surface area contributed by atoms with E-state index in [2.05, 4.69) is 46.3 Å². The Kier molecular flexibility index (Phi) is 4.58. The van der Waals surface area contributed by atoms with E-state index < -0.39 is 0 Å². The van der Waals surface area contributed by atoms with Crippen LogP contribution in [0.25, 0.3) is 0 Å². The number of nitrogens with zero attached hydrogens (tertiary/aromatic N) is 2. The van der Waals surface area contributed by atoms with Crippen molar-refractivity contribution in [2.45, 2.75) is 19.8 Å². The van der Waals surface area contributed by atoms with Gasteiger partial charge in [-0.25, -0.2) is 0 Å². The second-order valence-corrected chi connectivity index (χ2v) is 6.38. The maximum absolute atomic E-state index is 3.53. The van der Waals surface area contributed by atoms with Crippen LogP contribution in [0.2, 0.25) is 0 Å². The highest BCUT2D eigenvalue weighted by Gasteiger charge is 2.26. The zero-order chi connectivity index (χ0) is 13.8. The monoisotopic (exact) mass is 273 g/mol. The van der Waals surface area contributed by atoms with Crippen LogP contribution in [0.3, 0.4) is 0 Å². The van der Waals surface area contributed by atoms with Crippen molar-refractivity contribution >= 4 is 5.69 Å². The molecule has 1 aromatic rings. The van der Waals surface area contributed by atoms with Gasteiger partial charge in [0.05, 0.1) is 0 Å². The van der Waals surface area contributed by atoms with Gasteiger partial charge in [-0.05, 0) is 43.4 Å². The number of aryl methyl sites for hydroxylation is 1. The summed E-state index contributed by atoms with van der Waals surface area (Å²) in [7, 11) is 0. The molecule has 1 aliphatic carbocycles. The van der Waals surface area contributed by atoms with Gasteiger partial charge in [-0.2, -0.15) is 0 Å². The van der Waals surface area contributed by atoms with Crippen LogP contribution in [0.4, 0.5) is 5.69 Å². The van der Waals surface area contributed by atoms with E-state index in [0.717, 1.165) is 19.0 Å². The number of hydrogen-bond acceptors (Lipinski definition) is 3. The van der Waals surface area contributed by atoms with Crippen molar-refractivity contribution in [3.05, 3.63) is 29.8 Å². The molecule has 3 nitrogen and oxygen atoms in total. The van der Waals surface area contributed by atoms with Crippen molar-refractivity contribution in [3.8, 4) is 0 Å². The van der Waals surface area contributed by atoms with Gasteiger partial charge in [0.1, 0.15) is 0 Å². The van der Waals surface area contributed by atoms with Gasteiger partial charge in [0.2, 0.25) is 0 Å². The summed E-state index contributed by atoms with van der Waals surface area (Å²) in [6.45, 7) is 10.7. The number of rotatable bonds is 6. The molecule has 1 saturated heterocycles. The minimum Gasteiger partial charge on any atom is -0.384 e. The highest BCUT2D eigenvalue weighted by atomic mass is 15.3. The van der Waals surface area contributed by atoms with Gasteiger partial charge in [-0.15, -0.1) is 0 Å². The van der Waals surface area contributed by atoms with E-state index in [-0.39, 0.29) is 0 Å². The Labute approximate surface area is 123 Å². The summed E-state index contributed by atoms with van der Waals surface area (Å²) < 4.78 is 0. The molecule has 20 heavy (non-hydrogen) atoms. The lowest BCUT2D eigenvalue weighted by molar-refractivity contribution is 0.132. The van der Waals surface area contributed by atoms with Crippen LogP contribution in [0.15, 0.2) is 24.3 Å². The molecule has 2 fully saturated rings. The number of benzene rings is 1. The Bertz CT molecular complexity index is 420. The van der Waals surface area contributed by atoms with Gasteiger partial charge in [0.15, 0.2) is 0 Å². The van der Waals surface area contributed by atoms with Gasteiger partial charge < -0.3 is 10.2 Å². The Morgan fingerprint density at radius 1 is 1.10 bits per heavy atom. The van der Waals surface area contributed by atoms with E-state index >= 15 is 0 Å². The van der Waals surface area contributed by atoms with Crippen LogP contribution in [0, 0.1) is 12.8 Å². The summed E-state index contributed by atoms with van der Waals surface area (Å²) in [5.74, 6) is 1.03. The average Bonchev–Trinajstić information content (AvgIpc) is 3.25. The van der Waals surface area contributed by atoms with Crippen molar-refractivity contribution in [3.63, 3.8) is 0 Å². The third kappa shape index (κ3) is 4.22. The second-order valence-electron chi connectivity index (χ2n) is 6.38. The average molecular weight is 273 g/mol. The molecule has 0 spiro atoms. The minimum absolute atomic E-state index is 1.03. The smallest absolute Gasteiger partial charge is 0.0343 e. The summed E-state index contributed by atoms with van der Waals surface area (Å²) in [4.78, 5) is 5.24. The van der Waals surface area contributed by atoms with Crippen molar-refractivity contribution in [1.29, 1.82) is 0 Å². The minimum atomic E-state index is 1.03. The molecule has 3 heteroatoms. The molecular weight excluding hydrogens is 246 g/mol. The molecule has 2 aliphatic rings. The third-order valence-corrected chi connectivity index (χ3v) is 4.45. The lowest BCUT2D eigenvalue weighted by Gasteiger charge is -2.34. The van der Waals surface area contributed by atoms with Crippen LogP contribution in [-0.2, 0) is 0 Å². The first-order valence-corrected chi connectivity index (χ1v) is 8.05. The number of hydrogen-bond donors (Lipinski definition) is 1. The first kappa shape index (κ1) is 13.9. The van der Waals surface area contributed by atoms with Crippen LogP contribution in [0.1, 0.15) is 18.4 Å². The van der Waals surface area contributed by atoms with E-state index in [9.17, 15) is 0 Å². The van der Waals surface area contributed by atoms with E-state index in [0.29, 0.717) is 0 Å². The largest absolute Gasteiger partial charge is 0.384 e. The fourth-order valence-corrected chi connectivity index (χ4v) is 2.97. The second kappa shape index (κ2) is 6.59. The number of piperazine rings is 1. The summed E-state index contributed by atoms with van der Waals surface area (Å²) in [6.07, 6.45) is 2.95. The molecular formula is C17H27N3. The fourth-order valence-electron chi connectivity index (χ4n) is 2.97. The van der Waals surface area contributed by atoms with Gasteiger partial charge in [-0.1, -0.05) is 12.1 Å². The van der Waals surface area contributed by atoms with E-state index in [1.54, 1.807) is 0 Å². The maximum atomic E-state index is 3.53. The van der Waals surface area contributed by atoms with Crippen LogP contribution in [-0.4, -0.2) is 55.6 Å². The Balaban J connectivity index is 1.33. The van der Waals surface area contributed by atoms with Gasteiger partial charge in [0, 0.05) is 51.5 Å². The third-order valence-electron chi connectivity index (χ3n) is 4.45. The topological polar surface area (TPSA) is 18.5 Å². The van der Waals surface area contributed by atoms with Crippen molar-refractivity contribution in [2.75, 3.05) is 51.1 Å². The first-order valence-electron chi connectivity index (χ1n) is 8.05. The highest BCUT2D eigenvalue weighted by molar-refractivity contribution is 5.45. The molecule has 0 amide bonds. The molecule has 0 unspecified atom stereocenters. The van der Waals surface area contributed by atoms with Crippen LogP contribution >= 0.6 is 0 Å². The zero-order valence-corrected chi connectivity index (χ0v) is 12.6. The van der Waals surface area contributed by atoms with Gasteiger partial charge in [0.25, 0.3) is 0 Å².